The Morgan fingerprint density at radius 1 is 0.511 bits per heavy atom. The van der Waals surface area contributed by atoms with Crippen molar-refractivity contribution >= 4 is 0 Å². The van der Waals surface area contributed by atoms with Crippen LogP contribution in [0.3, 0.4) is 0 Å². The molecule has 0 fully saturated rings. The molecule has 0 amide bonds. The zero-order chi connectivity index (χ0) is 32.8. The van der Waals surface area contributed by atoms with Gasteiger partial charge in [-0.25, -0.2) is 0 Å². The third-order valence-corrected chi connectivity index (χ3v) is 9.25. The molecule has 0 N–H and O–H groups in total. The quantitative estimate of drug-likeness (QED) is 0.114. The molecule has 0 radical (unpaired) electrons. The molecule has 0 aliphatic heterocycles. The highest BCUT2D eigenvalue weighted by Gasteiger charge is 2.36. The SMILES string of the molecule is C=CCC1c2c3ccc(c2OCCC)Cc2cccc(c2OCCC)Cc2cccc(c2OCCC)Cc2ccc-3c1c2OCCC. The number of benzene rings is 4. The van der Waals surface area contributed by atoms with Gasteiger partial charge in [0.1, 0.15) is 23.0 Å². The van der Waals surface area contributed by atoms with Gasteiger partial charge in [0.25, 0.3) is 0 Å². The lowest BCUT2D eigenvalue weighted by molar-refractivity contribution is 0.303. The minimum absolute atomic E-state index is 0.0910. The Labute approximate surface area is 281 Å². The Bertz CT molecular complexity index is 1600. The molecule has 0 heterocycles. The van der Waals surface area contributed by atoms with Crippen molar-refractivity contribution < 1.29 is 18.9 Å². The highest BCUT2D eigenvalue weighted by Crippen LogP contribution is 2.56. The van der Waals surface area contributed by atoms with Crippen molar-refractivity contribution in [3.8, 4) is 34.1 Å². The van der Waals surface area contributed by atoms with Gasteiger partial charge in [-0.05, 0) is 76.6 Å². The average molecular weight is 631 g/mol. The smallest absolute Gasteiger partial charge is 0.127 e. The van der Waals surface area contributed by atoms with Crippen LogP contribution in [0.5, 0.6) is 23.0 Å². The lowest BCUT2D eigenvalue weighted by Crippen LogP contribution is -2.10. The van der Waals surface area contributed by atoms with Crippen LogP contribution < -0.4 is 18.9 Å². The molecule has 0 saturated carbocycles. The fraction of sp³-hybridized carbons (Fsp3) is 0.395. The van der Waals surface area contributed by atoms with Crippen LogP contribution in [0, 0.1) is 0 Å². The maximum atomic E-state index is 6.75. The molecule has 4 nitrogen and oxygen atoms in total. The van der Waals surface area contributed by atoms with Crippen LogP contribution in [-0.2, 0) is 19.3 Å². The number of hydrogen-bond acceptors (Lipinski definition) is 4. The summed E-state index contributed by atoms with van der Waals surface area (Å²) in [5.74, 6) is 4.08. The number of rotatable bonds is 14. The van der Waals surface area contributed by atoms with Crippen LogP contribution in [0.2, 0.25) is 0 Å². The molecule has 47 heavy (non-hydrogen) atoms. The van der Waals surface area contributed by atoms with E-state index in [0.717, 1.165) is 74.4 Å². The first-order chi connectivity index (χ1) is 23.1. The van der Waals surface area contributed by atoms with E-state index in [1.807, 2.05) is 0 Å². The Kier molecular flexibility index (Phi) is 10.6. The van der Waals surface area contributed by atoms with Gasteiger partial charge in [0.15, 0.2) is 0 Å². The second-order valence-corrected chi connectivity index (χ2v) is 12.8. The summed E-state index contributed by atoms with van der Waals surface area (Å²) in [5.41, 5.74) is 12.1. The first-order valence-corrected chi connectivity index (χ1v) is 17.8. The molecule has 246 valence electrons. The third-order valence-electron chi connectivity index (χ3n) is 9.25. The molecule has 2 aliphatic carbocycles. The van der Waals surface area contributed by atoms with E-state index in [-0.39, 0.29) is 5.92 Å². The van der Waals surface area contributed by atoms with Crippen LogP contribution in [-0.4, -0.2) is 26.4 Å². The number of para-hydroxylation sites is 2. The standard InChI is InChI=1S/C43H50O4/c1-6-13-37-38-35-20-18-33(42(38)46-24-9-4)27-31-16-11-14-29(40(31)44-22-7-2)26-30-15-12-17-32(41(30)45-23-8-3)28-34-19-21-36(35)39(37)43(34)47-25-10-5/h6,11-12,14-21,37H,1,7-10,13,22-28H2,2-5H3. The molecule has 0 saturated heterocycles. The Morgan fingerprint density at radius 2 is 0.851 bits per heavy atom. The summed E-state index contributed by atoms with van der Waals surface area (Å²) in [5, 5.41) is 0. The third kappa shape index (κ3) is 6.52. The molecule has 8 bridgehead atoms. The second kappa shape index (κ2) is 15.2. The second-order valence-electron chi connectivity index (χ2n) is 12.8. The monoisotopic (exact) mass is 630 g/mol. The lowest BCUT2D eigenvalue weighted by Gasteiger charge is -2.24. The van der Waals surface area contributed by atoms with Gasteiger partial charge in [-0.2, -0.15) is 0 Å². The summed E-state index contributed by atoms with van der Waals surface area (Å²) in [4.78, 5) is 0. The maximum absolute atomic E-state index is 6.75. The van der Waals surface area contributed by atoms with Gasteiger partial charge in [-0.3, -0.25) is 0 Å². The zero-order valence-corrected chi connectivity index (χ0v) is 28.8. The molecule has 6 rings (SSSR count). The number of fused-ring (bicyclic) bond motifs is 7. The molecule has 4 aromatic carbocycles. The van der Waals surface area contributed by atoms with Gasteiger partial charge in [0.2, 0.25) is 0 Å². The molecule has 2 aliphatic rings. The van der Waals surface area contributed by atoms with E-state index in [2.05, 4.69) is 101 Å². The molecular formula is C43H50O4. The summed E-state index contributed by atoms with van der Waals surface area (Å²) in [6.07, 6.45) is 8.81. The van der Waals surface area contributed by atoms with E-state index in [1.54, 1.807) is 0 Å². The van der Waals surface area contributed by atoms with Gasteiger partial charge in [0, 0.05) is 36.3 Å². The summed E-state index contributed by atoms with van der Waals surface area (Å²) in [6, 6.07) is 22.4. The molecule has 0 unspecified atom stereocenters. The zero-order valence-electron chi connectivity index (χ0n) is 28.8. The van der Waals surface area contributed by atoms with Gasteiger partial charge in [-0.1, -0.05) is 94.4 Å². The first kappa shape index (κ1) is 32.7. The van der Waals surface area contributed by atoms with Gasteiger partial charge in [0.05, 0.1) is 26.4 Å². The van der Waals surface area contributed by atoms with Gasteiger partial charge in [-0.15, -0.1) is 6.58 Å². The van der Waals surface area contributed by atoms with Crippen LogP contribution >= 0.6 is 0 Å². The fourth-order valence-corrected chi connectivity index (χ4v) is 7.25. The Hall–Kier alpha value is -4.18. The van der Waals surface area contributed by atoms with Crippen molar-refractivity contribution in [2.24, 2.45) is 0 Å². The molecule has 0 atom stereocenters. The van der Waals surface area contributed by atoms with Crippen LogP contribution in [0.1, 0.15) is 110 Å². The van der Waals surface area contributed by atoms with Crippen LogP contribution in [0.25, 0.3) is 11.1 Å². The number of ether oxygens (including phenoxy) is 4. The van der Waals surface area contributed by atoms with Gasteiger partial charge < -0.3 is 18.9 Å². The predicted octanol–water partition coefficient (Wildman–Crippen LogP) is 10.6. The van der Waals surface area contributed by atoms with Crippen LogP contribution in [0.4, 0.5) is 0 Å². The minimum Gasteiger partial charge on any atom is -0.493 e. The topological polar surface area (TPSA) is 36.9 Å². The highest BCUT2D eigenvalue weighted by molar-refractivity contribution is 5.85. The van der Waals surface area contributed by atoms with Crippen molar-refractivity contribution in [2.45, 2.75) is 85.0 Å². The molecule has 0 spiro atoms. The minimum atomic E-state index is 0.0910. The van der Waals surface area contributed by atoms with Crippen LogP contribution in [0.15, 0.2) is 73.3 Å². The number of allylic oxidation sites excluding steroid dienone is 1. The van der Waals surface area contributed by atoms with Crippen molar-refractivity contribution in [1.82, 2.24) is 0 Å². The average Bonchev–Trinajstić information content (AvgIpc) is 3.40. The number of hydrogen-bond donors (Lipinski definition) is 0. The van der Waals surface area contributed by atoms with E-state index in [1.165, 1.54) is 55.6 Å². The Balaban J connectivity index is 1.65. The van der Waals surface area contributed by atoms with E-state index >= 15 is 0 Å². The van der Waals surface area contributed by atoms with Crippen molar-refractivity contribution in [1.29, 1.82) is 0 Å². The normalized spacial score (nSPS) is 13.2. The van der Waals surface area contributed by atoms with E-state index in [0.29, 0.717) is 26.4 Å². The fourth-order valence-electron chi connectivity index (χ4n) is 7.25. The predicted molar refractivity (Wildman–Crippen MR) is 193 cm³/mol. The summed E-state index contributed by atoms with van der Waals surface area (Å²) in [6.45, 7) is 15.6. The summed E-state index contributed by atoms with van der Waals surface area (Å²) in [7, 11) is 0. The first-order valence-electron chi connectivity index (χ1n) is 17.8. The van der Waals surface area contributed by atoms with E-state index < -0.39 is 0 Å². The molecule has 0 aromatic heterocycles. The maximum Gasteiger partial charge on any atom is 0.127 e. The van der Waals surface area contributed by atoms with Crippen molar-refractivity contribution in [2.75, 3.05) is 26.4 Å². The largest absolute Gasteiger partial charge is 0.493 e. The summed E-state index contributed by atoms with van der Waals surface area (Å²) < 4.78 is 26.7. The lowest BCUT2D eigenvalue weighted by atomic mass is 9.87. The Morgan fingerprint density at radius 3 is 1.19 bits per heavy atom. The summed E-state index contributed by atoms with van der Waals surface area (Å²) >= 11 is 0. The van der Waals surface area contributed by atoms with Gasteiger partial charge >= 0.3 is 0 Å². The molecule has 4 heteroatoms. The molecule has 4 aromatic rings. The highest BCUT2D eigenvalue weighted by atomic mass is 16.5. The van der Waals surface area contributed by atoms with E-state index in [9.17, 15) is 0 Å². The van der Waals surface area contributed by atoms with Crippen molar-refractivity contribution in [3.63, 3.8) is 0 Å². The molecular weight excluding hydrogens is 580 g/mol. The van der Waals surface area contributed by atoms with E-state index in [4.69, 9.17) is 18.9 Å². The van der Waals surface area contributed by atoms with Crippen molar-refractivity contribution in [3.05, 3.63) is 118 Å².